The molecule has 2 aromatic carbocycles. The lowest BCUT2D eigenvalue weighted by Crippen LogP contribution is -2.51. The lowest BCUT2D eigenvalue weighted by atomic mass is 9.69. The number of hydrogen-bond acceptors (Lipinski definition) is 7. The summed E-state index contributed by atoms with van der Waals surface area (Å²) >= 11 is 0. The molecule has 1 saturated carbocycles. The third-order valence-electron chi connectivity index (χ3n) is 7.06. The number of aromatic nitrogens is 2. The summed E-state index contributed by atoms with van der Waals surface area (Å²) in [4.78, 5) is 34.2. The van der Waals surface area contributed by atoms with Crippen LogP contribution in [0.4, 0.5) is 4.79 Å². The largest absolute Gasteiger partial charge is 0.497 e. The van der Waals surface area contributed by atoms with E-state index < -0.39 is 17.3 Å². The van der Waals surface area contributed by atoms with Crippen LogP contribution >= 0.6 is 0 Å². The molecule has 0 aliphatic heterocycles. The van der Waals surface area contributed by atoms with Crippen LogP contribution < -0.4 is 20.3 Å². The van der Waals surface area contributed by atoms with Gasteiger partial charge in [-0.25, -0.2) is 9.78 Å². The molecule has 1 aliphatic rings. The van der Waals surface area contributed by atoms with Gasteiger partial charge < -0.3 is 29.8 Å². The van der Waals surface area contributed by atoms with E-state index in [1.807, 2.05) is 69.2 Å². The van der Waals surface area contributed by atoms with Gasteiger partial charge >= 0.3 is 11.7 Å². The fraction of sp³-hybridized carbons (Fsp3) is 0.444. The Balaban J connectivity index is 1.49. The number of aromatic amines is 1. The van der Waals surface area contributed by atoms with E-state index in [-0.39, 0.29) is 17.8 Å². The Hall–Kier alpha value is -3.43. The van der Waals surface area contributed by atoms with Crippen molar-refractivity contribution in [3.8, 4) is 11.6 Å². The van der Waals surface area contributed by atoms with Crippen LogP contribution in [0.15, 0.2) is 41.2 Å². The predicted molar refractivity (Wildman–Crippen MR) is 138 cm³/mol. The van der Waals surface area contributed by atoms with Crippen LogP contribution in [0.1, 0.15) is 36.0 Å². The van der Waals surface area contributed by atoms with Crippen LogP contribution in [0.5, 0.6) is 11.6 Å². The lowest BCUT2D eigenvalue weighted by Gasteiger charge is -2.44. The summed E-state index contributed by atoms with van der Waals surface area (Å²) in [6.45, 7) is 4.54. The van der Waals surface area contributed by atoms with Gasteiger partial charge in [0.05, 0.1) is 23.7 Å². The SMILES string of the molecule is COc1cccc(C2(O)CCC(NC(=O)Oc3nc4cc(C)c(C)cc4[nH]c3=O)CC2CN(C)C)c1. The monoisotopic (exact) mass is 494 g/mol. The number of nitrogens with one attached hydrogen (secondary N) is 2. The maximum absolute atomic E-state index is 12.7. The summed E-state index contributed by atoms with van der Waals surface area (Å²) in [5.74, 6) is 0.246. The number of aryl methyl sites for hydroxylation is 2. The molecule has 0 bridgehead atoms. The summed E-state index contributed by atoms with van der Waals surface area (Å²) < 4.78 is 10.7. The van der Waals surface area contributed by atoms with Gasteiger partial charge in [-0.3, -0.25) is 4.79 Å². The molecule has 0 saturated heterocycles. The van der Waals surface area contributed by atoms with Crippen molar-refractivity contribution in [2.24, 2.45) is 5.92 Å². The number of fused-ring (bicyclic) bond motifs is 1. The van der Waals surface area contributed by atoms with E-state index in [4.69, 9.17) is 9.47 Å². The maximum atomic E-state index is 12.7. The number of nitrogens with zero attached hydrogens (tertiary/aromatic N) is 2. The fourth-order valence-corrected chi connectivity index (χ4v) is 5.01. The minimum atomic E-state index is -1.06. The highest BCUT2D eigenvalue weighted by molar-refractivity contribution is 5.77. The van der Waals surface area contributed by atoms with Crippen molar-refractivity contribution in [2.45, 2.75) is 44.8 Å². The quantitative estimate of drug-likeness (QED) is 0.482. The fourth-order valence-electron chi connectivity index (χ4n) is 5.01. The second-order valence-corrected chi connectivity index (χ2v) is 9.95. The van der Waals surface area contributed by atoms with Crippen molar-refractivity contribution >= 4 is 17.1 Å². The minimum Gasteiger partial charge on any atom is -0.497 e. The second-order valence-electron chi connectivity index (χ2n) is 9.95. The first-order chi connectivity index (χ1) is 17.1. The Bertz CT molecular complexity index is 1320. The molecule has 0 spiro atoms. The van der Waals surface area contributed by atoms with E-state index in [1.165, 1.54) is 0 Å². The Morgan fingerprint density at radius 1 is 1.25 bits per heavy atom. The van der Waals surface area contributed by atoms with Gasteiger partial charge in [-0.2, -0.15) is 0 Å². The first kappa shape index (κ1) is 25.7. The van der Waals surface area contributed by atoms with Crippen LogP contribution in [0.25, 0.3) is 11.0 Å². The Morgan fingerprint density at radius 2 is 2.00 bits per heavy atom. The molecule has 3 N–H and O–H groups in total. The zero-order valence-corrected chi connectivity index (χ0v) is 21.4. The first-order valence-corrected chi connectivity index (χ1v) is 12.1. The highest BCUT2D eigenvalue weighted by atomic mass is 16.6. The molecular formula is C27H34N4O5. The van der Waals surface area contributed by atoms with E-state index in [9.17, 15) is 14.7 Å². The molecule has 1 heterocycles. The van der Waals surface area contributed by atoms with Gasteiger partial charge in [0.15, 0.2) is 0 Å². The normalized spacial score (nSPS) is 22.0. The van der Waals surface area contributed by atoms with Crippen molar-refractivity contribution in [2.75, 3.05) is 27.7 Å². The molecule has 1 aliphatic carbocycles. The number of amides is 1. The summed E-state index contributed by atoms with van der Waals surface area (Å²) in [5, 5.41) is 14.6. The number of carbonyl (C=O) groups is 1. The summed E-state index contributed by atoms with van der Waals surface area (Å²) in [5.41, 5.74) is 2.36. The van der Waals surface area contributed by atoms with E-state index in [2.05, 4.69) is 15.3 Å². The summed E-state index contributed by atoms with van der Waals surface area (Å²) in [6.07, 6.45) is 0.807. The zero-order valence-electron chi connectivity index (χ0n) is 21.4. The molecule has 3 atom stereocenters. The van der Waals surface area contributed by atoms with Gasteiger partial charge in [-0.1, -0.05) is 12.1 Å². The predicted octanol–water partition coefficient (Wildman–Crippen LogP) is 3.26. The average molecular weight is 495 g/mol. The van der Waals surface area contributed by atoms with E-state index in [0.717, 1.165) is 16.7 Å². The van der Waals surface area contributed by atoms with Crippen LogP contribution in [0, 0.1) is 19.8 Å². The molecule has 1 fully saturated rings. The molecule has 3 unspecified atom stereocenters. The molecule has 192 valence electrons. The number of methoxy groups -OCH3 is 1. The van der Waals surface area contributed by atoms with E-state index in [1.54, 1.807) is 7.11 Å². The highest BCUT2D eigenvalue weighted by Crippen LogP contribution is 2.43. The van der Waals surface area contributed by atoms with Gasteiger partial charge in [-0.05, 0) is 88.2 Å². The number of aliphatic hydroxyl groups is 1. The van der Waals surface area contributed by atoms with Crippen molar-refractivity contribution in [3.63, 3.8) is 0 Å². The summed E-state index contributed by atoms with van der Waals surface area (Å²) in [7, 11) is 5.51. The lowest BCUT2D eigenvalue weighted by molar-refractivity contribution is -0.0686. The number of carbonyl (C=O) groups excluding carboxylic acids is 1. The van der Waals surface area contributed by atoms with Crippen LogP contribution in [0.3, 0.4) is 0 Å². The number of rotatable bonds is 6. The van der Waals surface area contributed by atoms with Gasteiger partial charge in [0.2, 0.25) is 0 Å². The number of ether oxygens (including phenoxy) is 2. The Kier molecular flexibility index (Phi) is 7.33. The van der Waals surface area contributed by atoms with Crippen LogP contribution in [-0.4, -0.2) is 59.9 Å². The van der Waals surface area contributed by atoms with E-state index in [0.29, 0.717) is 42.6 Å². The molecule has 9 heteroatoms. The van der Waals surface area contributed by atoms with Crippen LogP contribution in [0.2, 0.25) is 0 Å². The van der Waals surface area contributed by atoms with Crippen molar-refractivity contribution in [1.29, 1.82) is 0 Å². The van der Waals surface area contributed by atoms with Gasteiger partial charge in [0, 0.05) is 18.5 Å². The molecule has 1 amide bonds. The highest BCUT2D eigenvalue weighted by Gasteiger charge is 2.44. The topological polar surface area (TPSA) is 117 Å². The van der Waals surface area contributed by atoms with Crippen molar-refractivity contribution < 1.29 is 19.4 Å². The van der Waals surface area contributed by atoms with Crippen molar-refractivity contribution in [3.05, 3.63) is 63.4 Å². The average Bonchev–Trinajstić information content (AvgIpc) is 2.83. The van der Waals surface area contributed by atoms with Gasteiger partial charge in [0.25, 0.3) is 5.88 Å². The molecule has 3 aromatic rings. The molecule has 4 rings (SSSR count). The standard InChI is InChI=1S/C27H34N4O5/c1-16-11-22-23(12-17(16)2)30-25(24(32)29-22)36-26(33)28-20-9-10-27(34,19(13-20)15-31(3)4)18-7-6-8-21(14-18)35-5/h6-8,11-12,14,19-20,34H,9-10,13,15H2,1-5H3,(H,28,33)(H,29,32). The Morgan fingerprint density at radius 3 is 2.72 bits per heavy atom. The number of benzene rings is 2. The molecule has 36 heavy (non-hydrogen) atoms. The third kappa shape index (κ3) is 5.37. The van der Waals surface area contributed by atoms with Crippen molar-refractivity contribution in [1.82, 2.24) is 20.2 Å². The zero-order chi connectivity index (χ0) is 26.0. The smallest absolute Gasteiger partial charge is 0.414 e. The summed E-state index contributed by atoms with van der Waals surface area (Å²) in [6, 6.07) is 11.0. The minimum absolute atomic E-state index is 0.146. The van der Waals surface area contributed by atoms with Crippen LogP contribution in [-0.2, 0) is 5.60 Å². The Labute approximate surface area is 210 Å². The number of hydrogen-bond donors (Lipinski definition) is 3. The molecule has 1 aromatic heterocycles. The molecule has 9 nitrogen and oxygen atoms in total. The van der Waals surface area contributed by atoms with E-state index >= 15 is 0 Å². The number of H-pyrrole nitrogens is 1. The maximum Gasteiger partial charge on any atom is 0.414 e. The third-order valence-corrected chi connectivity index (χ3v) is 7.06. The molecule has 0 radical (unpaired) electrons. The first-order valence-electron chi connectivity index (χ1n) is 12.1. The second kappa shape index (κ2) is 10.3. The van der Waals surface area contributed by atoms with Gasteiger partial charge in [0.1, 0.15) is 5.75 Å². The molecular weight excluding hydrogens is 460 g/mol. The van der Waals surface area contributed by atoms with Gasteiger partial charge in [-0.15, -0.1) is 0 Å².